The van der Waals surface area contributed by atoms with E-state index < -0.39 is 0 Å². The maximum Gasteiger partial charge on any atom is 0.244 e. The molecule has 2 heterocycles. The van der Waals surface area contributed by atoms with E-state index in [0.717, 1.165) is 26.9 Å². The SMILES string of the molecule is Cc1cccc(-c2n[nH]c(=S)n2CC(=O)Nc2ccc(Sc3nccn3C)cc2)c1. The van der Waals surface area contributed by atoms with Crippen LogP contribution >= 0.6 is 24.0 Å². The van der Waals surface area contributed by atoms with E-state index in [4.69, 9.17) is 12.2 Å². The molecular weight excluding hydrogens is 416 g/mol. The van der Waals surface area contributed by atoms with Crippen LogP contribution in [0.2, 0.25) is 0 Å². The highest BCUT2D eigenvalue weighted by atomic mass is 32.2. The third-order valence-electron chi connectivity index (χ3n) is 4.46. The van der Waals surface area contributed by atoms with Crippen molar-refractivity contribution < 1.29 is 4.79 Å². The highest BCUT2D eigenvalue weighted by molar-refractivity contribution is 7.99. The van der Waals surface area contributed by atoms with Crippen molar-refractivity contribution in [1.29, 1.82) is 0 Å². The minimum absolute atomic E-state index is 0.0718. The number of rotatable bonds is 6. The number of aryl methyl sites for hydroxylation is 2. The molecule has 2 aromatic carbocycles. The summed E-state index contributed by atoms with van der Waals surface area (Å²) in [5, 5.41) is 10.9. The fourth-order valence-corrected chi connectivity index (χ4v) is 3.97. The number of nitrogens with zero attached hydrogens (tertiary/aromatic N) is 4. The van der Waals surface area contributed by atoms with E-state index in [1.807, 2.05) is 73.3 Å². The molecule has 0 bridgehead atoms. The summed E-state index contributed by atoms with van der Waals surface area (Å²) >= 11 is 6.89. The van der Waals surface area contributed by atoms with Gasteiger partial charge in [0.2, 0.25) is 5.91 Å². The zero-order valence-corrected chi connectivity index (χ0v) is 18.1. The summed E-state index contributed by atoms with van der Waals surface area (Å²) in [7, 11) is 1.95. The minimum Gasteiger partial charge on any atom is -0.329 e. The smallest absolute Gasteiger partial charge is 0.244 e. The van der Waals surface area contributed by atoms with Gasteiger partial charge in [-0.05, 0) is 49.5 Å². The Labute approximate surface area is 183 Å². The zero-order chi connectivity index (χ0) is 21.1. The Morgan fingerprint density at radius 1 is 1.23 bits per heavy atom. The first kappa shape index (κ1) is 20.1. The van der Waals surface area contributed by atoms with Crippen molar-refractivity contribution in [2.24, 2.45) is 7.05 Å². The van der Waals surface area contributed by atoms with Crippen LogP contribution in [0.15, 0.2) is 71.0 Å². The lowest BCUT2D eigenvalue weighted by molar-refractivity contribution is -0.116. The molecule has 4 rings (SSSR count). The molecular formula is C21H20N6OS2. The maximum absolute atomic E-state index is 12.6. The molecule has 152 valence electrons. The zero-order valence-electron chi connectivity index (χ0n) is 16.5. The van der Waals surface area contributed by atoms with Gasteiger partial charge < -0.3 is 9.88 Å². The summed E-state index contributed by atoms with van der Waals surface area (Å²) in [6, 6.07) is 15.6. The number of carbonyl (C=O) groups is 1. The van der Waals surface area contributed by atoms with E-state index in [1.54, 1.807) is 22.5 Å². The number of anilines is 1. The van der Waals surface area contributed by atoms with Crippen molar-refractivity contribution in [2.45, 2.75) is 23.5 Å². The number of hydrogen-bond acceptors (Lipinski definition) is 5. The number of benzene rings is 2. The lowest BCUT2D eigenvalue weighted by atomic mass is 10.1. The average Bonchev–Trinajstić information content (AvgIpc) is 3.29. The van der Waals surface area contributed by atoms with Crippen molar-refractivity contribution >= 4 is 35.6 Å². The number of aromatic nitrogens is 5. The Morgan fingerprint density at radius 3 is 2.73 bits per heavy atom. The molecule has 0 saturated carbocycles. The number of hydrogen-bond donors (Lipinski definition) is 2. The molecule has 4 aromatic rings. The van der Waals surface area contributed by atoms with Crippen LogP contribution in [-0.2, 0) is 18.4 Å². The summed E-state index contributed by atoms with van der Waals surface area (Å²) in [4.78, 5) is 18.0. The van der Waals surface area contributed by atoms with Crippen LogP contribution in [0.3, 0.4) is 0 Å². The Morgan fingerprint density at radius 2 is 2.03 bits per heavy atom. The van der Waals surface area contributed by atoms with Crippen LogP contribution in [0.1, 0.15) is 5.56 Å². The molecule has 0 fully saturated rings. The number of aromatic amines is 1. The number of carbonyl (C=O) groups excluding carboxylic acids is 1. The summed E-state index contributed by atoms with van der Waals surface area (Å²) in [5.41, 5.74) is 2.74. The summed E-state index contributed by atoms with van der Waals surface area (Å²) in [6.45, 7) is 2.08. The Kier molecular flexibility index (Phi) is 5.82. The van der Waals surface area contributed by atoms with Gasteiger partial charge in [0.15, 0.2) is 15.8 Å². The normalized spacial score (nSPS) is 10.9. The van der Waals surface area contributed by atoms with Gasteiger partial charge in [0.1, 0.15) is 6.54 Å². The monoisotopic (exact) mass is 436 g/mol. The second-order valence-corrected chi connectivity index (χ2v) is 8.23. The maximum atomic E-state index is 12.6. The van der Waals surface area contributed by atoms with Crippen molar-refractivity contribution in [1.82, 2.24) is 24.3 Å². The third kappa shape index (κ3) is 4.52. The van der Waals surface area contributed by atoms with Crippen molar-refractivity contribution in [3.05, 3.63) is 71.3 Å². The van der Waals surface area contributed by atoms with Crippen LogP contribution in [0.25, 0.3) is 11.4 Å². The van der Waals surface area contributed by atoms with Gasteiger partial charge in [0.05, 0.1) is 0 Å². The molecule has 0 radical (unpaired) electrons. The van der Waals surface area contributed by atoms with E-state index in [1.165, 1.54) is 0 Å². The highest BCUT2D eigenvalue weighted by Gasteiger charge is 2.13. The molecule has 2 aromatic heterocycles. The van der Waals surface area contributed by atoms with E-state index in [-0.39, 0.29) is 12.5 Å². The first-order chi connectivity index (χ1) is 14.5. The Balaban J connectivity index is 1.45. The summed E-state index contributed by atoms with van der Waals surface area (Å²) < 4.78 is 4.06. The predicted octanol–water partition coefficient (Wildman–Crippen LogP) is 4.44. The van der Waals surface area contributed by atoms with Crippen LogP contribution in [0, 0.1) is 11.7 Å². The molecule has 0 unspecified atom stereocenters. The second-order valence-electron chi connectivity index (χ2n) is 6.80. The van der Waals surface area contributed by atoms with E-state index in [2.05, 4.69) is 20.5 Å². The van der Waals surface area contributed by atoms with Gasteiger partial charge in [-0.1, -0.05) is 35.5 Å². The largest absolute Gasteiger partial charge is 0.329 e. The summed E-state index contributed by atoms with van der Waals surface area (Å²) in [5.74, 6) is 0.464. The molecule has 0 aliphatic carbocycles. The third-order valence-corrected chi connectivity index (χ3v) is 5.86. The molecule has 2 N–H and O–H groups in total. The van der Waals surface area contributed by atoms with Crippen molar-refractivity contribution in [2.75, 3.05) is 5.32 Å². The summed E-state index contributed by atoms with van der Waals surface area (Å²) in [6.07, 6.45) is 3.67. The lowest BCUT2D eigenvalue weighted by Gasteiger charge is -2.09. The van der Waals surface area contributed by atoms with Gasteiger partial charge in [-0.25, -0.2) is 4.98 Å². The van der Waals surface area contributed by atoms with Gasteiger partial charge in [-0.2, -0.15) is 5.10 Å². The molecule has 7 nitrogen and oxygen atoms in total. The van der Waals surface area contributed by atoms with Gasteiger partial charge in [0.25, 0.3) is 0 Å². The van der Waals surface area contributed by atoms with Gasteiger partial charge in [0, 0.05) is 35.6 Å². The lowest BCUT2D eigenvalue weighted by Crippen LogP contribution is -2.19. The molecule has 0 atom stereocenters. The van der Waals surface area contributed by atoms with Crippen molar-refractivity contribution in [3.63, 3.8) is 0 Å². The van der Waals surface area contributed by atoms with Gasteiger partial charge >= 0.3 is 0 Å². The molecule has 0 aliphatic rings. The van der Waals surface area contributed by atoms with Crippen molar-refractivity contribution in [3.8, 4) is 11.4 Å². The molecule has 0 aliphatic heterocycles. The first-order valence-corrected chi connectivity index (χ1v) is 10.5. The topological polar surface area (TPSA) is 80.5 Å². The van der Waals surface area contributed by atoms with E-state index in [9.17, 15) is 4.79 Å². The molecule has 0 saturated heterocycles. The highest BCUT2D eigenvalue weighted by Crippen LogP contribution is 2.27. The number of H-pyrrole nitrogens is 1. The Hall–Kier alpha value is -3.17. The number of imidazole rings is 1. The number of amides is 1. The van der Waals surface area contributed by atoms with E-state index >= 15 is 0 Å². The fraction of sp³-hybridized carbons (Fsp3) is 0.143. The van der Waals surface area contributed by atoms with Crippen LogP contribution < -0.4 is 5.32 Å². The molecule has 1 amide bonds. The Bertz CT molecular complexity index is 1240. The second kappa shape index (κ2) is 8.68. The van der Waals surface area contributed by atoms with Gasteiger partial charge in [-0.3, -0.25) is 14.5 Å². The molecule has 30 heavy (non-hydrogen) atoms. The van der Waals surface area contributed by atoms with E-state index in [0.29, 0.717) is 10.6 Å². The minimum atomic E-state index is -0.175. The predicted molar refractivity (Wildman–Crippen MR) is 120 cm³/mol. The standard InChI is InChI=1S/C21H20N6OS2/c1-14-4-3-5-15(12-14)19-24-25-20(29)27(19)13-18(28)23-16-6-8-17(9-7-16)30-21-22-10-11-26(21)2/h3-12H,13H2,1-2H3,(H,23,28)(H,25,29). The first-order valence-electron chi connectivity index (χ1n) is 9.27. The van der Waals surface area contributed by atoms with Crippen LogP contribution in [-0.4, -0.2) is 30.2 Å². The molecule has 9 heteroatoms. The number of nitrogens with one attached hydrogen (secondary N) is 2. The van der Waals surface area contributed by atoms with Gasteiger partial charge in [-0.15, -0.1) is 0 Å². The average molecular weight is 437 g/mol. The van der Waals surface area contributed by atoms with Crippen LogP contribution in [0.5, 0.6) is 0 Å². The fourth-order valence-electron chi connectivity index (χ4n) is 2.98. The molecule has 0 spiro atoms. The quantitative estimate of drug-likeness (QED) is 0.437. The van der Waals surface area contributed by atoms with Crippen LogP contribution in [0.4, 0.5) is 5.69 Å².